The van der Waals surface area contributed by atoms with E-state index < -0.39 is 40.7 Å². The van der Waals surface area contributed by atoms with Gasteiger partial charge < -0.3 is 19.9 Å². The van der Waals surface area contributed by atoms with E-state index in [4.69, 9.17) is 14.6 Å². The van der Waals surface area contributed by atoms with Crippen LogP contribution < -0.4 is 16.0 Å². The number of carbonyl (C=O) groups excluding carboxylic acids is 3. The number of ether oxygens (including phenoxy) is 2. The molecule has 11 nitrogen and oxygen atoms in total. The molecule has 0 aromatic rings. The number of nitrogens with zero attached hydrogens (tertiary/aromatic N) is 1. The smallest absolute Gasteiger partial charge is 0.414 e. The van der Waals surface area contributed by atoms with Crippen molar-refractivity contribution in [3.63, 3.8) is 0 Å². The Hall–Kier alpha value is -2.85. The normalized spacial score (nSPS) is 11.8. The van der Waals surface area contributed by atoms with Crippen molar-refractivity contribution in [2.45, 2.75) is 92.3 Å². The van der Waals surface area contributed by atoms with E-state index in [1.54, 1.807) is 41.5 Å². The van der Waals surface area contributed by atoms with Crippen LogP contribution in [-0.2, 0) is 19.1 Å². The minimum Gasteiger partial charge on any atom is -0.480 e. The fourth-order valence-electron chi connectivity index (χ4n) is 2.21. The quantitative estimate of drug-likeness (QED) is 0.174. The van der Waals surface area contributed by atoms with Crippen LogP contribution in [0.25, 0.3) is 0 Å². The van der Waals surface area contributed by atoms with E-state index in [0.717, 1.165) is 12.8 Å². The minimum absolute atomic E-state index is 0.0679. The number of aliphatic carboxylic acids is 1. The third-order valence-corrected chi connectivity index (χ3v) is 3.98. The zero-order valence-electron chi connectivity index (χ0n) is 21.1. The van der Waals surface area contributed by atoms with Gasteiger partial charge in [0, 0.05) is 13.1 Å². The number of hydrogen-bond donors (Lipinski definition) is 4. The summed E-state index contributed by atoms with van der Waals surface area (Å²) in [5.74, 6) is -1.76. The molecule has 0 atom stereocenters. The summed E-state index contributed by atoms with van der Waals surface area (Å²) in [7, 11) is 0. The largest absolute Gasteiger partial charge is 0.480 e. The summed E-state index contributed by atoms with van der Waals surface area (Å²) < 4.78 is 10.4. The lowest BCUT2D eigenvalue weighted by Crippen LogP contribution is -2.47. The first kappa shape index (κ1) is 30.1. The topological polar surface area (TPSA) is 155 Å². The standard InChI is InChI=1S/C22H40N4O7/c1-20(2,3)32-18(30)25-17(26-19(31)33-21(4,5)6)24-14-12-10-9-11-13-23-15(27)22(7,8)16(28)29/h9-14H2,1-8H3,(H,23,27)(H,28,29)(H2,24,25,26,30,31). The van der Waals surface area contributed by atoms with Crippen molar-refractivity contribution in [3.8, 4) is 0 Å². The molecule has 0 saturated carbocycles. The van der Waals surface area contributed by atoms with E-state index in [0.29, 0.717) is 25.9 Å². The molecule has 0 heterocycles. The van der Waals surface area contributed by atoms with Gasteiger partial charge in [-0.25, -0.2) is 9.59 Å². The van der Waals surface area contributed by atoms with E-state index in [1.165, 1.54) is 13.8 Å². The Morgan fingerprint density at radius 1 is 0.758 bits per heavy atom. The number of rotatable bonds is 9. The molecule has 0 aromatic carbocycles. The summed E-state index contributed by atoms with van der Waals surface area (Å²) in [4.78, 5) is 51.2. The molecular weight excluding hydrogens is 432 g/mol. The number of carboxylic acid groups (broad SMARTS) is 1. The summed E-state index contributed by atoms with van der Waals surface area (Å²) in [6.45, 7) is 13.7. The SMILES string of the molecule is CC(C)(C)OC(=O)NC(=NCCCCCCNC(=O)C(C)(C)C(=O)O)NC(=O)OC(C)(C)C. The van der Waals surface area contributed by atoms with E-state index in [-0.39, 0.29) is 5.96 Å². The number of alkyl carbamates (subject to hydrolysis) is 2. The lowest BCUT2D eigenvalue weighted by atomic mass is 9.92. The van der Waals surface area contributed by atoms with Crippen molar-refractivity contribution in [1.29, 1.82) is 0 Å². The summed E-state index contributed by atoms with van der Waals surface area (Å²) >= 11 is 0. The van der Waals surface area contributed by atoms with Crippen LogP contribution in [0.3, 0.4) is 0 Å². The molecule has 0 aromatic heterocycles. The first-order valence-corrected chi connectivity index (χ1v) is 11.0. The Labute approximate surface area is 196 Å². The predicted octanol–water partition coefficient (Wildman–Crippen LogP) is 3.18. The minimum atomic E-state index is -1.46. The molecule has 0 spiro atoms. The molecule has 0 rings (SSSR count). The summed E-state index contributed by atoms with van der Waals surface area (Å²) in [6, 6.07) is 0. The van der Waals surface area contributed by atoms with Crippen LogP contribution in [-0.4, -0.2) is 59.4 Å². The molecule has 0 saturated heterocycles. The Morgan fingerprint density at radius 2 is 1.21 bits per heavy atom. The van der Waals surface area contributed by atoms with Crippen molar-refractivity contribution in [2.75, 3.05) is 13.1 Å². The molecule has 190 valence electrons. The van der Waals surface area contributed by atoms with Crippen LogP contribution in [0.2, 0.25) is 0 Å². The van der Waals surface area contributed by atoms with E-state index >= 15 is 0 Å². The molecule has 0 aliphatic rings. The monoisotopic (exact) mass is 472 g/mol. The number of carboxylic acids is 1. The fraction of sp³-hybridized carbons (Fsp3) is 0.773. The van der Waals surface area contributed by atoms with Gasteiger partial charge in [0.25, 0.3) is 0 Å². The molecule has 0 aliphatic heterocycles. The highest BCUT2D eigenvalue weighted by Crippen LogP contribution is 2.15. The molecule has 0 bridgehead atoms. The lowest BCUT2D eigenvalue weighted by molar-refractivity contribution is -0.153. The van der Waals surface area contributed by atoms with E-state index in [2.05, 4.69) is 20.9 Å². The second kappa shape index (κ2) is 13.0. The van der Waals surface area contributed by atoms with Gasteiger partial charge in [-0.05, 0) is 68.2 Å². The van der Waals surface area contributed by atoms with Crippen LogP contribution >= 0.6 is 0 Å². The van der Waals surface area contributed by atoms with Crippen molar-refractivity contribution in [2.24, 2.45) is 10.4 Å². The zero-order valence-corrected chi connectivity index (χ0v) is 21.1. The maximum atomic E-state index is 12.0. The van der Waals surface area contributed by atoms with Gasteiger partial charge in [-0.3, -0.25) is 25.2 Å². The van der Waals surface area contributed by atoms with Crippen molar-refractivity contribution in [3.05, 3.63) is 0 Å². The summed E-state index contributed by atoms with van der Waals surface area (Å²) in [5, 5.41) is 16.5. The Balaban J connectivity index is 4.57. The highest BCUT2D eigenvalue weighted by molar-refractivity contribution is 6.01. The van der Waals surface area contributed by atoms with Crippen LogP contribution in [0.4, 0.5) is 9.59 Å². The molecule has 33 heavy (non-hydrogen) atoms. The summed E-state index contributed by atoms with van der Waals surface area (Å²) in [6.07, 6.45) is 1.43. The highest BCUT2D eigenvalue weighted by Gasteiger charge is 2.35. The molecule has 4 N–H and O–H groups in total. The average Bonchev–Trinajstić information content (AvgIpc) is 2.59. The molecule has 0 radical (unpaired) electrons. The van der Waals surface area contributed by atoms with Gasteiger partial charge in [-0.2, -0.15) is 0 Å². The number of aliphatic imine (C=N–C) groups is 1. The fourth-order valence-corrected chi connectivity index (χ4v) is 2.21. The van der Waals surface area contributed by atoms with Gasteiger partial charge in [-0.1, -0.05) is 12.8 Å². The maximum absolute atomic E-state index is 12.0. The number of hydrogen-bond acceptors (Lipinski definition) is 7. The molecule has 3 amide bonds. The van der Waals surface area contributed by atoms with Gasteiger partial charge in [0.1, 0.15) is 16.6 Å². The molecule has 11 heteroatoms. The average molecular weight is 473 g/mol. The van der Waals surface area contributed by atoms with Gasteiger partial charge in [0.05, 0.1) is 0 Å². The molecule has 0 unspecified atom stereocenters. The first-order valence-electron chi connectivity index (χ1n) is 11.0. The van der Waals surface area contributed by atoms with Crippen molar-refractivity contribution in [1.82, 2.24) is 16.0 Å². The number of carbonyl (C=O) groups is 4. The van der Waals surface area contributed by atoms with Gasteiger partial charge >= 0.3 is 18.2 Å². The second-order valence-corrected chi connectivity index (χ2v) is 10.1. The number of nitrogens with one attached hydrogen (secondary N) is 3. The van der Waals surface area contributed by atoms with E-state index in [1.807, 2.05) is 0 Å². The highest BCUT2D eigenvalue weighted by atomic mass is 16.6. The van der Waals surface area contributed by atoms with Crippen LogP contribution in [0.5, 0.6) is 0 Å². The van der Waals surface area contributed by atoms with E-state index in [9.17, 15) is 19.2 Å². The molecular formula is C22H40N4O7. The maximum Gasteiger partial charge on any atom is 0.414 e. The third-order valence-electron chi connectivity index (χ3n) is 3.98. The van der Waals surface area contributed by atoms with Crippen molar-refractivity contribution >= 4 is 30.0 Å². The summed E-state index contributed by atoms with van der Waals surface area (Å²) in [5.41, 5.74) is -2.89. The molecule has 0 aliphatic carbocycles. The Morgan fingerprint density at radius 3 is 1.64 bits per heavy atom. The third kappa shape index (κ3) is 14.8. The van der Waals surface area contributed by atoms with Crippen LogP contribution in [0.15, 0.2) is 4.99 Å². The van der Waals surface area contributed by atoms with Gasteiger partial charge in [0.15, 0.2) is 0 Å². The predicted molar refractivity (Wildman–Crippen MR) is 124 cm³/mol. The Kier molecular flexibility index (Phi) is 11.9. The lowest BCUT2D eigenvalue weighted by Gasteiger charge is -2.22. The van der Waals surface area contributed by atoms with Gasteiger partial charge in [0.2, 0.25) is 11.9 Å². The zero-order chi connectivity index (χ0) is 25.9. The molecule has 0 fully saturated rings. The van der Waals surface area contributed by atoms with Gasteiger partial charge in [-0.15, -0.1) is 0 Å². The number of unbranched alkanes of at least 4 members (excludes halogenated alkanes) is 3. The van der Waals surface area contributed by atoms with Crippen molar-refractivity contribution < 1.29 is 33.8 Å². The van der Waals surface area contributed by atoms with Crippen LogP contribution in [0, 0.1) is 5.41 Å². The number of guanidine groups is 1. The second-order valence-electron chi connectivity index (χ2n) is 10.1. The van der Waals surface area contributed by atoms with Crippen LogP contribution in [0.1, 0.15) is 81.1 Å². The first-order chi connectivity index (χ1) is 14.9. The Bertz CT molecular complexity index is 687. The number of amides is 3.